The number of halogens is 3. The van der Waals surface area contributed by atoms with Gasteiger partial charge in [-0.3, -0.25) is 4.90 Å². The molecule has 1 aromatic carbocycles. The van der Waals surface area contributed by atoms with E-state index in [4.69, 9.17) is 5.73 Å². The van der Waals surface area contributed by atoms with Crippen molar-refractivity contribution in [3.05, 3.63) is 29.3 Å². The van der Waals surface area contributed by atoms with Crippen LogP contribution in [0.2, 0.25) is 0 Å². The zero-order valence-corrected chi connectivity index (χ0v) is 9.33. The molecule has 1 saturated heterocycles. The van der Waals surface area contributed by atoms with E-state index in [0.717, 1.165) is 11.0 Å². The number of amides is 1. The first-order valence-electron chi connectivity index (χ1n) is 5.28. The highest BCUT2D eigenvalue weighted by Crippen LogP contribution is 2.38. The Morgan fingerprint density at radius 3 is 2.61 bits per heavy atom. The van der Waals surface area contributed by atoms with Crippen LogP contribution in [0.3, 0.4) is 0 Å². The average molecular weight is 260 g/mol. The lowest BCUT2D eigenvalue weighted by Gasteiger charge is -2.19. The Morgan fingerprint density at radius 2 is 2.11 bits per heavy atom. The molecule has 1 aromatic rings. The van der Waals surface area contributed by atoms with Crippen molar-refractivity contribution in [3.63, 3.8) is 0 Å². The molecule has 0 unspecified atom stereocenters. The van der Waals surface area contributed by atoms with Crippen molar-refractivity contribution in [1.82, 2.24) is 0 Å². The molecular weight excluding hydrogens is 249 g/mol. The normalized spacial score (nSPS) is 16.0. The number of nitrogens with zero attached hydrogens (tertiary/aromatic N) is 1. The van der Waals surface area contributed by atoms with Crippen LogP contribution in [-0.2, 0) is 17.5 Å². The summed E-state index contributed by atoms with van der Waals surface area (Å²) in [5, 5.41) is 0. The molecule has 98 valence electrons. The maximum Gasteiger partial charge on any atom is 0.418 e. The van der Waals surface area contributed by atoms with E-state index in [1.165, 1.54) is 12.1 Å². The molecule has 7 heteroatoms. The number of carbonyl (C=O) groups is 1. The van der Waals surface area contributed by atoms with Gasteiger partial charge in [0.25, 0.3) is 0 Å². The molecule has 1 aliphatic rings. The van der Waals surface area contributed by atoms with Gasteiger partial charge in [0.05, 0.1) is 17.8 Å². The molecule has 2 rings (SSSR count). The van der Waals surface area contributed by atoms with Crippen molar-refractivity contribution in [2.24, 2.45) is 5.73 Å². The van der Waals surface area contributed by atoms with E-state index in [0.29, 0.717) is 5.56 Å². The third-order valence-electron chi connectivity index (χ3n) is 2.65. The van der Waals surface area contributed by atoms with E-state index in [1.54, 1.807) is 0 Å². The minimum Gasteiger partial charge on any atom is -0.447 e. The Kier molecular flexibility index (Phi) is 3.16. The minimum absolute atomic E-state index is 0.00774. The van der Waals surface area contributed by atoms with Gasteiger partial charge in [-0.25, -0.2) is 4.79 Å². The lowest BCUT2D eigenvalue weighted by Crippen LogP contribution is -2.26. The summed E-state index contributed by atoms with van der Waals surface area (Å²) in [5.74, 6) is 0. The van der Waals surface area contributed by atoms with Crippen LogP contribution in [0.5, 0.6) is 0 Å². The number of carbonyl (C=O) groups excluding carboxylic acids is 1. The predicted octanol–water partition coefficient (Wildman–Crippen LogP) is 2.12. The van der Waals surface area contributed by atoms with Gasteiger partial charge >= 0.3 is 12.3 Å². The second kappa shape index (κ2) is 4.49. The van der Waals surface area contributed by atoms with Gasteiger partial charge in [-0.1, -0.05) is 6.07 Å². The molecule has 0 aliphatic carbocycles. The van der Waals surface area contributed by atoms with Crippen LogP contribution in [0, 0.1) is 0 Å². The van der Waals surface area contributed by atoms with Crippen LogP contribution >= 0.6 is 0 Å². The number of alkyl halides is 3. The topological polar surface area (TPSA) is 55.6 Å². The monoisotopic (exact) mass is 260 g/mol. The maximum absolute atomic E-state index is 12.9. The highest BCUT2D eigenvalue weighted by molar-refractivity contribution is 5.90. The summed E-state index contributed by atoms with van der Waals surface area (Å²) >= 11 is 0. The number of rotatable bonds is 2. The molecule has 2 N–H and O–H groups in total. The van der Waals surface area contributed by atoms with Crippen LogP contribution in [0.1, 0.15) is 11.1 Å². The van der Waals surface area contributed by atoms with Gasteiger partial charge in [0.2, 0.25) is 0 Å². The van der Waals surface area contributed by atoms with E-state index in [-0.39, 0.29) is 25.4 Å². The second-order valence-corrected chi connectivity index (χ2v) is 3.82. The molecule has 1 aliphatic heterocycles. The Balaban J connectivity index is 2.49. The fourth-order valence-electron chi connectivity index (χ4n) is 1.78. The lowest BCUT2D eigenvalue weighted by atomic mass is 10.1. The first-order chi connectivity index (χ1) is 8.43. The molecule has 0 radical (unpaired) electrons. The first-order valence-corrected chi connectivity index (χ1v) is 5.28. The highest BCUT2D eigenvalue weighted by Gasteiger charge is 2.37. The largest absolute Gasteiger partial charge is 0.447 e. The van der Waals surface area contributed by atoms with Crippen LogP contribution < -0.4 is 10.6 Å². The SMILES string of the molecule is NCc1ccc(N2CCOC2=O)c(C(F)(F)F)c1. The van der Waals surface area contributed by atoms with Crippen molar-refractivity contribution >= 4 is 11.8 Å². The minimum atomic E-state index is -4.54. The lowest BCUT2D eigenvalue weighted by molar-refractivity contribution is -0.137. The molecular formula is C11H11F3N2O2. The quantitative estimate of drug-likeness (QED) is 0.886. The van der Waals surface area contributed by atoms with Gasteiger partial charge in [0, 0.05) is 6.54 Å². The molecule has 1 amide bonds. The fourth-order valence-corrected chi connectivity index (χ4v) is 1.78. The van der Waals surface area contributed by atoms with Crippen LogP contribution in [-0.4, -0.2) is 19.2 Å². The van der Waals surface area contributed by atoms with Crippen molar-refractivity contribution in [2.75, 3.05) is 18.1 Å². The van der Waals surface area contributed by atoms with Crippen molar-refractivity contribution in [3.8, 4) is 0 Å². The zero-order chi connectivity index (χ0) is 13.3. The molecule has 0 aromatic heterocycles. The number of cyclic esters (lactones) is 1. The number of ether oxygens (including phenoxy) is 1. The van der Waals surface area contributed by atoms with E-state index in [2.05, 4.69) is 4.74 Å². The average Bonchev–Trinajstić information content (AvgIpc) is 2.73. The van der Waals surface area contributed by atoms with Crippen molar-refractivity contribution in [1.29, 1.82) is 0 Å². The number of anilines is 1. The molecule has 1 fully saturated rings. The van der Waals surface area contributed by atoms with Crippen molar-refractivity contribution < 1.29 is 22.7 Å². The number of benzene rings is 1. The smallest absolute Gasteiger partial charge is 0.418 e. The van der Waals surface area contributed by atoms with E-state index < -0.39 is 17.8 Å². The predicted molar refractivity (Wildman–Crippen MR) is 58.0 cm³/mol. The summed E-state index contributed by atoms with van der Waals surface area (Å²) in [6, 6.07) is 3.68. The summed E-state index contributed by atoms with van der Waals surface area (Å²) in [5.41, 5.74) is 4.62. The standard InChI is InChI=1S/C11H11F3N2O2/c12-11(13,14)8-5-7(6-15)1-2-9(8)16-3-4-18-10(16)17/h1-2,5H,3-4,6,15H2. The van der Waals surface area contributed by atoms with Gasteiger partial charge in [0.1, 0.15) is 6.61 Å². The third kappa shape index (κ3) is 2.26. The summed E-state index contributed by atoms with van der Waals surface area (Å²) in [7, 11) is 0. The van der Waals surface area contributed by atoms with E-state index in [9.17, 15) is 18.0 Å². The molecule has 4 nitrogen and oxygen atoms in total. The Hall–Kier alpha value is -1.76. The van der Waals surface area contributed by atoms with E-state index >= 15 is 0 Å². The van der Waals surface area contributed by atoms with Gasteiger partial charge in [-0.05, 0) is 17.7 Å². The zero-order valence-electron chi connectivity index (χ0n) is 9.33. The van der Waals surface area contributed by atoms with Gasteiger partial charge in [-0.15, -0.1) is 0 Å². The summed E-state index contributed by atoms with van der Waals surface area (Å²) < 4.78 is 43.4. The first kappa shape index (κ1) is 12.7. The van der Waals surface area contributed by atoms with Gasteiger partial charge < -0.3 is 10.5 Å². The molecule has 0 bridgehead atoms. The Labute approximate surface area is 101 Å². The van der Waals surface area contributed by atoms with Crippen LogP contribution in [0.15, 0.2) is 18.2 Å². The Bertz CT molecular complexity index is 474. The Morgan fingerprint density at radius 1 is 1.39 bits per heavy atom. The number of hydrogen-bond donors (Lipinski definition) is 1. The second-order valence-electron chi connectivity index (χ2n) is 3.82. The molecule has 18 heavy (non-hydrogen) atoms. The maximum atomic E-state index is 12.9. The third-order valence-corrected chi connectivity index (χ3v) is 2.65. The van der Waals surface area contributed by atoms with Crippen molar-refractivity contribution in [2.45, 2.75) is 12.7 Å². The van der Waals surface area contributed by atoms with E-state index in [1.807, 2.05) is 0 Å². The van der Waals surface area contributed by atoms with Gasteiger partial charge in [-0.2, -0.15) is 13.2 Å². The van der Waals surface area contributed by atoms with Crippen LogP contribution in [0.25, 0.3) is 0 Å². The molecule has 0 atom stereocenters. The summed E-state index contributed by atoms with van der Waals surface area (Å²) in [6.07, 6.45) is -5.30. The van der Waals surface area contributed by atoms with Crippen LogP contribution in [0.4, 0.5) is 23.7 Å². The highest BCUT2D eigenvalue weighted by atomic mass is 19.4. The summed E-state index contributed by atoms with van der Waals surface area (Å²) in [6.45, 7) is 0.215. The summed E-state index contributed by atoms with van der Waals surface area (Å²) in [4.78, 5) is 12.3. The molecule has 1 heterocycles. The van der Waals surface area contributed by atoms with Gasteiger partial charge in [0.15, 0.2) is 0 Å². The number of nitrogens with two attached hydrogens (primary N) is 1. The molecule has 0 spiro atoms. The number of hydrogen-bond acceptors (Lipinski definition) is 3. The molecule has 0 saturated carbocycles. The fraction of sp³-hybridized carbons (Fsp3) is 0.364.